The van der Waals surface area contributed by atoms with Gasteiger partial charge in [0, 0.05) is 16.3 Å². The maximum atomic E-state index is 13.4. The number of tetrazole rings is 1. The predicted octanol–water partition coefficient (Wildman–Crippen LogP) is 4.40. The Balaban J connectivity index is 1.50. The third-order valence-electron chi connectivity index (χ3n) is 3.47. The Hall–Kier alpha value is -2.71. The van der Waals surface area contributed by atoms with E-state index in [0.29, 0.717) is 27.5 Å². The second-order valence-corrected chi connectivity index (χ2v) is 6.68. The molecule has 0 unspecified atom stereocenters. The van der Waals surface area contributed by atoms with Crippen molar-refractivity contribution in [2.75, 3.05) is 0 Å². The zero-order chi connectivity index (χ0) is 17.9. The second kappa shape index (κ2) is 7.27. The minimum atomic E-state index is -0.350. The topological polar surface area (TPSA) is 69.6 Å². The SMILES string of the molecule is Fc1cccc(-n2nnnc2SCc2coc(-c3cccc(Cl)c3)n2)c1. The minimum Gasteiger partial charge on any atom is -0.444 e. The number of hydrogen-bond acceptors (Lipinski definition) is 6. The molecule has 4 aromatic rings. The Morgan fingerprint density at radius 2 is 2.04 bits per heavy atom. The lowest BCUT2D eigenvalue weighted by Crippen LogP contribution is -1.99. The monoisotopic (exact) mass is 387 g/mol. The molecule has 0 aliphatic carbocycles. The van der Waals surface area contributed by atoms with Gasteiger partial charge in [0.05, 0.1) is 11.4 Å². The van der Waals surface area contributed by atoms with Crippen LogP contribution in [0.3, 0.4) is 0 Å². The zero-order valence-corrected chi connectivity index (χ0v) is 14.8. The van der Waals surface area contributed by atoms with Crippen LogP contribution in [0.2, 0.25) is 5.02 Å². The lowest BCUT2D eigenvalue weighted by Gasteiger charge is -2.03. The van der Waals surface area contributed by atoms with Gasteiger partial charge in [-0.3, -0.25) is 0 Å². The number of hydrogen-bond donors (Lipinski definition) is 0. The first kappa shape index (κ1) is 16.7. The van der Waals surface area contributed by atoms with Crippen molar-refractivity contribution in [2.24, 2.45) is 0 Å². The summed E-state index contributed by atoms with van der Waals surface area (Å²) in [5, 5.41) is 12.7. The molecule has 2 aromatic heterocycles. The summed E-state index contributed by atoms with van der Waals surface area (Å²) in [6.45, 7) is 0. The molecule has 0 radical (unpaired) electrons. The van der Waals surface area contributed by atoms with Crippen molar-refractivity contribution < 1.29 is 8.81 Å². The van der Waals surface area contributed by atoms with Crippen molar-refractivity contribution in [1.29, 1.82) is 0 Å². The molecule has 0 spiro atoms. The van der Waals surface area contributed by atoms with E-state index in [4.69, 9.17) is 16.0 Å². The van der Waals surface area contributed by atoms with E-state index in [1.807, 2.05) is 12.1 Å². The first-order valence-corrected chi connectivity index (χ1v) is 8.93. The van der Waals surface area contributed by atoms with Gasteiger partial charge in [0.25, 0.3) is 0 Å². The summed E-state index contributed by atoms with van der Waals surface area (Å²) >= 11 is 7.37. The highest BCUT2D eigenvalue weighted by Gasteiger charge is 2.12. The van der Waals surface area contributed by atoms with Gasteiger partial charge in [-0.2, -0.15) is 4.68 Å². The number of benzene rings is 2. The van der Waals surface area contributed by atoms with E-state index in [1.54, 1.807) is 30.5 Å². The first-order chi connectivity index (χ1) is 12.7. The normalized spacial score (nSPS) is 11.0. The summed E-state index contributed by atoms with van der Waals surface area (Å²) in [5.74, 6) is 0.643. The molecule has 2 aromatic carbocycles. The third-order valence-corrected chi connectivity index (χ3v) is 4.65. The molecule has 6 nitrogen and oxygen atoms in total. The highest BCUT2D eigenvalue weighted by atomic mass is 35.5. The average molecular weight is 388 g/mol. The highest BCUT2D eigenvalue weighted by molar-refractivity contribution is 7.98. The summed E-state index contributed by atoms with van der Waals surface area (Å²) in [5.41, 5.74) is 2.09. The van der Waals surface area contributed by atoms with Crippen molar-refractivity contribution in [3.8, 4) is 17.1 Å². The third kappa shape index (κ3) is 3.61. The number of thioether (sulfide) groups is 1. The summed E-state index contributed by atoms with van der Waals surface area (Å²) in [7, 11) is 0. The summed E-state index contributed by atoms with van der Waals surface area (Å²) < 4.78 is 20.4. The number of halogens is 2. The van der Waals surface area contributed by atoms with Crippen LogP contribution in [-0.2, 0) is 5.75 Å². The molecule has 4 rings (SSSR count). The standard InChI is InChI=1S/C17H11ClFN5OS/c18-12-4-1-3-11(7-12)16-20-14(9-25-16)10-26-17-21-22-23-24(17)15-6-2-5-13(19)8-15/h1-9H,10H2. The largest absolute Gasteiger partial charge is 0.444 e. The molecule has 0 saturated heterocycles. The van der Waals surface area contributed by atoms with Crippen LogP contribution in [0.1, 0.15) is 5.69 Å². The second-order valence-electron chi connectivity index (χ2n) is 5.30. The van der Waals surface area contributed by atoms with Gasteiger partial charge in [-0.05, 0) is 46.8 Å². The van der Waals surface area contributed by atoms with Gasteiger partial charge in [-0.1, -0.05) is 35.5 Å². The zero-order valence-electron chi connectivity index (χ0n) is 13.2. The molecule has 0 bridgehead atoms. The van der Waals surface area contributed by atoms with Crippen molar-refractivity contribution in [3.63, 3.8) is 0 Å². The van der Waals surface area contributed by atoms with Crippen LogP contribution in [0.4, 0.5) is 4.39 Å². The van der Waals surface area contributed by atoms with Gasteiger partial charge in [-0.25, -0.2) is 9.37 Å². The number of oxazole rings is 1. The number of nitrogens with zero attached hydrogens (tertiary/aromatic N) is 5. The van der Waals surface area contributed by atoms with Crippen molar-refractivity contribution in [2.45, 2.75) is 10.9 Å². The van der Waals surface area contributed by atoms with Gasteiger partial charge in [-0.15, -0.1) is 5.10 Å². The van der Waals surface area contributed by atoms with E-state index in [2.05, 4.69) is 20.5 Å². The molecular formula is C17H11ClFN5OS. The molecule has 0 amide bonds. The van der Waals surface area contributed by atoms with Gasteiger partial charge >= 0.3 is 0 Å². The van der Waals surface area contributed by atoms with Crippen molar-refractivity contribution in [1.82, 2.24) is 25.2 Å². The summed E-state index contributed by atoms with van der Waals surface area (Å²) in [4.78, 5) is 4.45. The van der Waals surface area contributed by atoms with E-state index >= 15 is 0 Å². The van der Waals surface area contributed by atoms with Crippen molar-refractivity contribution >= 4 is 23.4 Å². The fraction of sp³-hybridized carbons (Fsp3) is 0.0588. The quantitative estimate of drug-likeness (QED) is 0.473. The molecule has 0 N–H and O–H groups in total. The van der Waals surface area contributed by atoms with Crippen LogP contribution in [0, 0.1) is 5.82 Å². The van der Waals surface area contributed by atoms with Gasteiger partial charge in [0.15, 0.2) is 0 Å². The fourth-order valence-corrected chi connectivity index (χ4v) is 3.26. The molecular weight excluding hydrogens is 377 g/mol. The molecule has 9 heteroatoms. The van der Waals surface area contributed by atoms with Crippen LogP contribution in [0.5, 0.6) is 0 Å². The van der Waals surface area contributed by atoms with E-state index < -0.39 is 0 Å². The van der Waals surface area contributed by atoms with Crippen LogP contribution >= 0.6 is 23.4 Å². The van der Waals surface area contributed by atoms with Gasteiger partial charge < -0.3 is 4.42 Å². The van der Waals surface area contributed by atoms with E-state index in [0.717, 1.165) is 11.3 Å². The van der Waals surface area contributed by atoms with Crippen LogP contribution in [0.25, 0.3) is 17.1 Å². The van der Waals surface area contributed by atoms with E-state index in [9.17, 15) is 4.39 Å². The molecule has 130 valence electrons. The van der Waals surface area contributed by atoms with Crippen LogP contribution < -0.4 is 0 Å². The molecule has 0 fully saturated rings. The van der Waals surface area contributed by atoms with Crippen molar-refractivity contribution in [3.05, 3.63) is 71.3 Å². The molecule has 2 heterocycles. The number of aromatic nitrogens is 5. The van der Waals surface area contributed by atoms with Gasteiger partial charge in [0.2, 0.25) is 11.0 Å². The van der Waals surface area contributed by atoms with E-state index in [-0.39, 0.29) is 5.82 Å². The van der Waals surface area contributed by atoms with Gasteiger partial charge in [0.1, 0.15) is 12.1 Å². The summed E-state index contributed by atoms with van der Waals surface area (Å²) in [6.07, 6.45) is 1.58. The molecule has 26 heavy (non-hydrogen) atoms. The average Bonchev–Trinajstić information content (AvgIpc) is 3.29. The number of rotatable bonds is 5. The van der Waals surface area contributed by atoms with E-state index in [1.165, 1.54) is 28.6 Å². The molecule has 0 aliphatic heterocycles. The Morgan fingerprint density at radius 1 is 1.15 bits per heavy atom. The lowest BCUT2D eigenvalue weighted by molar-refractivity contribution is 0.573. The van der Waals surface area contributed by atoms with Crippen LogP contribution in [0.15, 0.2) is 64.4 Å². The van der Waals surface area contributed by atoms with Crippen LogP contribution in [-0.4, -0.2) is 25.2 Å². The predicted molar refractivity (Wildman–Crippen MR) is 95.6 cm³/mol. The smallest absolute Gasteiger partial charge is 0.226 e. The Morgan fingerprint density at radius 3 is 2.88 bits per heavy atom. The summed E-state index contributed by atoms with van der Waals surface area (Å²) in [6, 6.07) is 13.4. The fourth-order valence-electron chi connectivity index (χ4n) is 2.30. The minimum absolute atomic E-state index is 0.350. The molecule has 0 saturated carbocycles. The molecule has 0 aliphatic rings. The maximum absolute atomic E-state index is 13.4. The maximum Gasteiger partial charge on any atom is 0.226 e. The Bertz CT molecular complexity index is 1050. The lowest BCUT2D eigenvalue weighted by atomic mass is 10.2. The first-order valence-electron chi connectivity index (χ1n) is 7.56. The Labute approximate surface area is 157 Å². The molecule has 0 atom stereocenters. The Kier molecular flexibility index (Phi) is 4.68. The highest BCUT2D eigenvalue weighted by Crippen LogP contribution is 2.26.